The third-order valence-electron chi connectivity index (χ3n) is 2.65. The molecule has 0 heterocycles. The number of rotatable bonds is 11. The topological polar surface area (TPSA) is 26.3 Å². The van der Waals surface area contributed by atoms with Gasteiger partial charge in [-0.25, -0.2) is 0 Å². The standard InChI is InChI=1S/C14H25BrO2/c1-17-14(16)12-10-8-6-4-2-3-5-7-9-11-13-15/h5,7H,2-4,6,8-13H2,1H3/b7-5-. The van der Waals surface area contributed by atoms with E-state index in [0.717, 1.165) is 18.2 Å². The minimum Gasteiger partial charge on any atom is -0.469 e. The molecule has 0 aliphatic carbocycles. The number of alkyl halides is 1. The van der Waals surface area contributed by atoms with E-state index in [4.69, 9.17) is 0 Å². The van der Waals surface area contributed by atoms with Crippen molar-refractivity contribution in [2.45, 2.75) is 57.8 Å². The summed E-state index contributed by atoms with van der Waals surface area (Å²) in [6.45, 7) is 0. The normalized spacial score (nSPS) is 10.9. The number of allylic oxidation sites excluding steroid dienone is 2. The zero-order chi connectivity index (χ0) is 12.8. The minimum atomic E-state index is -0.0836. The van der Waals surface area contributed by atoms with Crippen molar-refractivity contribution in [2.75, 3.05) is 12.4 Å². The lowest BCUT2D eigenvalue weighted by Gasteiger charge is -2.00. The lowest BCUT2D eigenvalue weighted by molar-refractivity contribution is -0.140. The van der Waals surface area contributed by atoms with E-state index in [9.17, 15) is 4.79 Å². The zero-order valence-corrected chi connectivity index (χ0v) is 12.5. The van der Waals surface area contributed by atoms with Crippen LogP contribution in [0.15, 0.2) is 12.2 Å². The van der Waals surface area contributed by atoms with Crippen LogP contribution in [0.5, 0.6) is 0 Å². The van der Waals surface area contributed by atoms with Crippen LogP contribution >= 0.6 is 15.9 Å². The molecule has 0 saturated carbocycles. The van der Waals surface area contributed by atoms with Crippen LogP contribution in [0.2, 0.25) is 0 Å². The second kappa shape index (κ2) is 13.8. The Balaban J connectivity index is 3.08. The molecule has 0 aromatic carbocycles. The van der Waals surface area contributed by atoms with E-state index in [0.29, 0.717) is 6.42 Å². The summed E-state index contributed by atoms with van der Waals surface area (Å²) in [7, 11) is 1.45. The summed E-state index contributed by atoms with van der Waals surface area (Å²) in [6, 6.07) is 0. The first kappa shape index (κ1) is 16.7. The highest BCUT2D eigenvalue weighted by atomic mass is 79.9. The van der Waals surface area contributed by atoms with Crippen molar-refractivity contribution in [2.24, 2.45) is 0 Å². The van der Waals surface area contributed by atoms with Gasteiger partial charge in [-0.1, -0.05) is 47.3 Å². The van der Waals surface area contributed by atoms with E-state index in [1.54, 1.807) is 0 Å². The van der Waals surface area contributed by atoms with E-state index < -0.39 is 0 Å². The second-order valence-electron chi connectivity index (χ2n) is 4.19. The summed E-state index contributed by atoms with van der Waals surface area (Å²) >= 11 is 3.42. The van der Waals surface area contributed by atoms with Gasteiger partial charge in [-0.3, -0.25) is 4.79 Å². The van der Waals surface area contributed by atoms with Crippen LogP contribution in [0.3, 0.4) is 0 Å². The van der Waals surface area contributed by atoms with Gasteiger partial charge in [-0.05, 0) is 32.1 Å². The van der Waals surface area contributed by atoms with E-state index in [-0.39, 0.29) is 5.97 Å². The van der Waals surface area contributed by atoms with E-state index >= 15 is 0 Å². The van der Waals surface area contributed by atoms with Crippen molar-refractivity contribution in [3.8, 4) is 0 Å². The van der Waals surface area contributed by atoms with Gasteiger partial charge in [0.25, 0.3) is 0 Å². The molecule has 0 spiro atoms. The lowest BCUT2D eigenvalue weighted by Crippen LogP contribution is -1.98. The fourth-order valence-electron chi connectivity index (χ4n) is 1.59. The van der Waals surface area contributed by atoms with Crippen molar-refractivity contribution in [3.63, 3.8) is 0 Å². The molecule has 0 aromatic rings. The Hall–Kier alpha value is -0.310. The molecule has 100 valence electrons. The molecule has 0 aromatic heterocycles. The monoisotopic (exact) mass is 304 g/mol. The van der Waals surface area contributed by atoms with Gasteiger partial charge < -0.3 is 4.74 Å². The highest BCUT2D eigenvalue weighted by Crippen LogP contribution is 2.08. The summed E-state index contributed by atoms with van der Waals surface area (Å²) in [6.07, 6.45) is 14.6. The number of hydrogen-bond donors (Lipinski definition) is 0. The van der Waals surface area contributed by atoms with Crippen molar-refractivity contribution >= 4 is 21.9 Å². The maximum Gasteiger partial charge on any atom is 0.305 e. The lowest BCUT2D eigenvalue weighted by atomic mass is 10.1. The maximum atomic E-state index is 10.8. The van der Waals surface area contributed by atoms with E-state index in [1.807, 2.05) is 0 Å². The summed E-state index contributed by atoms with van der Waals surface area (Å²) in [5.41, 5.74) is 0. The largest absolute Gasteiger partial charge is 0.469 e. The first-order chi connectivity index (χ1) is 8.31. The quantitative estimate of drug-likeness (QED) is 0.241. The molecule has 0 bridgehead atoms. The molecular weight excluding hydrogens is 280 g/mol. The van der Waals surface area contributed by atoms with Crippen molar-refractivity contribution in [1.29, 1.82) is 0 Å². The number of esters is 1. The molecule has 0 atom stereocenters. The molecule has 2 nitrogen and oxygen atoms in total. The minimum absolute atomic E-state index is 0.0836. The SMILES string of the molecule is COC(=O)CCCCCCC/C=C\CCCBr. The van der Waals surface area contributed by atoms with Crippen molar-refractivity contribution < 1.29 is 9.53 Å². The van der Waals surface area contributed by atoms with Crippen molar-refractivity contribution in [1.82, 2.24) is 0 Å². The number of unbranched alkanes of at least 4 members (excludes halogenated alkanes) is 6. The fourth-order valence-corrected chi connectivity index (χ4v) is 1.92. The fraction of sp³-hybridized carbons (Fsp3) is 0.786. The van der Waals surface area contributed by atoms with Crippen LogP contribution in [-0.2, 0) is 9.53 Å². The third kappa shape index (κ3) is 13.6. The number of ether oxygens (including phenoxy) is 1. The number of carbonyl (C=O) groups excluding carboxylic acids is 1. The molecule has 0 saturated heterocycles. The molecular formula is C14H25BrO2. The molecule has 0 aliphatic rings. The molecule has 17 heavy (non-hydrogen) atoms. The number of hydrogen-bond acceptors (Lipinski definition) is 2. The van der Waals surface area contributed by atoms with Gasteiger partial charge in [0.15, 0.2) is 0 Å². The van der Waals surface area contributed by atoms with Crippen LogP contribution in [0.1, 0.15) is 57.8 Å². The average Bonchev–Trinajstić information content (AvgIpc) is 2.35. The Bertz CT molecular complexity index is 202. The predicted molar refractivity (Wildman–Crippen MR) is 76.5 cm³/mol. The molecule has 0 rings (SSSR count). The van der Waals surface area contributed by atoms with Crippen molar-refractivity contribution in [3.05, 3.63) is 12.2 Å². The van der Waals surface area contributed by atoms with Gasteiger partial charge >= 0.3 is 5.97 Å². The van der Waals surface area contributed by atoms with Crippen LogP contribution in [0.4, 0.5) is 0 Å². The Kier molecular flexibility index (Phi) is 13.5. The van der Waals surface area contributed by atoms with Crippen LogP contribution < -0.4 is 0 Å². The second-order valence-corrected chi connectivity index (χ2v) is 4.98. The average molecular weight is 305 g/mol. The van der Waals surface area contributed by atoms with Gasteiger partial charge in [0, 0.05) is 11.8 Å². The first-order valence-electron chi connectivity index (χ1n) is 6.59. The summed E-state index contributed by atoms with van der Waals surface area (Å²) in [5, 5.41) is 1.09. The van der Waals surface area contributed by atoms with Crippen LogP contribution in [0.25, 0.3) is 0 Å². The highest BCUT2D eigenvalue weighted by molar-refractivity contribution is 9.09. The smallest absolute Gasteiger partial charge is 0.305 e. The Morgan fingerprint density at radius 1 is 1.00 bits per heavy atom. The molecule has 0 aliphatic heterocycles. The summed E-state index contributed by atoms with van der Waals surface area (Å²) in [4.78, 5) is 10.8. The Morgan fingerprint density at radius 3 is 2.24 bits per heavy atom. The predicted octanol–water partition coefficient (Wildman–Crippen LogP) is 4.62. The molecule has 0 unspecified atom stereocenters. The van der Waals surface area contributed by atoms with Gasteiger partial charge in [0.2, 0.25) is 0 Å². The van der Waals surface area contributed by atoms with Gasteiger partial charge in [0.05, 0.1) is 7.11 Å². The maximum absolute atomic E-state index is 10.8. The van der Waals surface area contributed by atoms with E-state index in [2.05, 4.69) is 32.8 Å². The van der Waals surface area contributed by atoms with Crippen LogP contribution in [0, 0.1) is 0 Å². The molecule has 0 radical (unpaired) electrons. The Morgan fingerprint density at radius 2 is 1.59 bits per heavy atom. The number of methoxy groups -OCH3 is 1. The highest BCUT2D eigenvalue weighted by Gasteiger charge is 1.98. The summed E-state index contributed by atoms with van der Waals surface area (Å²) < 4.78 is 4.59. The zero-order valence-electron chi connectivity index (χ0n) is 10.9. The van der Waals surface area contributed by atoms with Gasteiger partial charge in [0.1, 0.15) is 0 Å². The molecule has 3 heteroatoms. The third-order valence-corrected chi connectivity index (χ3v) is 3.21. The van der Waals surface area contributed by atoms with Gasteiger partial charge in [-0.15, -0.1) is 0 Å². The first-order valence-corrected chi connectivity index (χ1v) is 7.71. The number of halogens is 1. The Labute approximate surface area is 114 Å². The summed E-state index contributed by atoms with van der Waals surface area (Å²) in [5.74, 6) is -0.0836. The van der Waals surface area contributed by atoms with Gasteiger partial charge in [-0.2, -0.15) is 0 Å². The molecule has 0 amide bonds. The van der Waals surface area contributed by atoms with Crippen LogP contribution in [-0.4, -0.2) is 18.4 Å². The molecule has 0 N–H and O–H groups in total. The molecule has 0 fully saturated rings. The number of carbonyl (C=O) groups is 1. The van der Waals surface area contributed by atoms with E-state index in [1.165, 1.54) is 45.6 Å².